The minimum Gasteiger partial charge on any atom is -0.371 e. The van der Waals surface area contributed by atoms with Crippen LogP contribution in [0.3, 0.4) is 0 Å². The number of nitrogens with zero attached hydrogens (tertiary/aromatic N) is 1. The zero-order valence-corrected chi connectivity index (χ0v) is 12.0. The molecule has 18 heavy (non-hydrogen) atoms. The molecule has 0 aromatic heterocycles. The molecule has 0 bridgehead atoms. The van der Waals surface area contributed by atoms with Gasteiger partial charge in [0.05, 0.1) is 6.61 Å². The smallest absolute Gasteiger partial charge is 0.248 e. The maximum atomic E-state index is 12.1. The lowest BCUT2D eigenvalue weighted by molar-refractivity contribution is -0.138. The van der Waals surface area contributed by atoms with Gasteiger partial charge in [0.25, 0.3) is 0 Å². The molecule has 1 amide bonds. The average molecular weight is 277 g/mol. The summed E-state index contributed by atoms with van der Waals surface area (Å²) in [6, 6.07) is 0.381. The predicted molar refractivity (Wildman–Crippen MR) is 74.1 cm³/mol. The van der Waals surface area contributed by atoms with Crippen LogP contribution >= 0.6 is 12.4 Å². The van der Waals surface area contributed by atoms with Gasteiger partial charge in [-0.05, 0) is 38.1 Å². The standard InChI is InChI=1S/C13H24N2O2.ClH/c1-2-7-15(12-5-6-14-8-12)13(16)10-17-9-11-3-4-11;/h11-12,14H,2-10H2,1H3;1H. The van der Waals surface area contributed by atoms with E-state index in [9.17, 15) is 4.79 Å². The van der Waals surface area contributed by atoms with Gasteiger partial charge in [-0.3, -0.25) is 4.79 Å². The van der Waals surface area contributed by atoms with E-state index in [2.05, 4.69) is 12.2 Å². The van der Waals surface area contributed by atoms with Crippen molar-refractivity contribution < 1.29 is 9.53 Å². The summed E-state index contributed by atoms with van der Waals surface area (Å²) in [6.45, 7) is 5.99. The van der Waals surface area contributed by atoms with Crippen LogP contribution in [0, 0.1) is 5.92 Å². The van der Waals surface area contributed by atoms with Crippen LogP contribution in [0.1, 0.15) is 32.6 Å². The summed E-state index contributed by atoms with van der Waals surface area (Å²) in [6.07, 6.45) is 4.65. The number of rotatable bonds is 7. The van der Waals surface area contributed by atoms with Crippen molar-refractivity contribution in [3.05, 3.63) is 0 Å². The van der Waals surface area contributed by atoms with E-state index in [1.165, 1.54) is 12.8 Å². The first kappa shape index (κ1) is 15.7. The molecule has 2 aliphatic rings. The predicted octanol–water partition coefficient (Wildman–Crippen LogP) is 1.44. The van der Waals surface area contributed by atoms with E-state index in [1.807, 2.05) is 4.90 Å². The SMILES string of the molecule is CCCN(C(=O)COCC1CC1)C1CCNC1.Cl. The molecule has 1 aliphatic heterocycles. The Kier molecular flexibility index (Phi) is 6.97. The van der Waals surface area contributed by atoms with Gasteiger partial charge >= 0.3 is 0 Å². The minimum absolute atomic E-state index is 0. The van der Waals surface area contributed by atoms with Crippen molar-refractivity contribution in [2.75, 3.05) is 32.8 Å². The Morgan fingerprint density at radius 2 is 2.17 bits per heavy atom. The number of amides is 1. The first-order valence-electron chi connectivity index (χ1n) is 6.89. The number of nitrogens with one attached hydrogen (secondary N) is 1. The Morgan fingerprint density at radius 3 is 2.72 bits per heavy atom. The van der Waals surface area contributed by atoms with Crippen molar-refractivity contribution in [1.82, 2.24) is 10.2 Å². The van der Waals surface area contributed by atoms with Crippen LogP contribution in [0.2, 0.25) is 0 Å². The average Bonchev–Trinajstić information content (AvgIpc) is 2.99. The molecule has 1 saturated carbocycles. The van der Waals surface area contributed by atoms with Crippen LogP contribution in [0.4, 0.5) is 0 Å². The van der Waals surface area contributed by atoms with Gasteiger partial charge in [-0.2, -0.15) is 0 Å². The quantitative estimate of drug-likeness (QED) is 0.765. The maximum absolute atomic E-state index is 12.1. The lowest BCUT2D eigenvalue weighted by atomic mass is 10.2. The molecule has 0 spiro atoms. The number of ether oxygens (including phenoxy) is 1. The number of carbonyl (C=O) groups is 1. The highest BCUT2D eigenvalue weighted by molar-refractivity contribution is 5.85. The van der Waals surface area contributed by atoms with Crippen LogP contribution in [0.5, 0.6) is 0 Å². The summed E-state index contributed by atoms with van der Waals surface area (Å²) >= 11 is 0. The van der Waals surface area contributed by atoms with Crippen LogP contribution in [0.15, 0.2) is 0 Å². The summed E-state index contributed by atoms with van der Waals surface area (Å²) in [5, 5.41) is 3.32. The Bertz CT molecular complexity index is 253. The summed E-state index contributed by atoms with van der Waals surface area (Å²) in [5.74, 6) is 0.900. The largest absolute Gasteiger partial charge is 0.371 e. The van der Waals surface area contributed by atoms with Crippen molar-refractivity contribution in [3.8, 4) is 0 Å². The third-order valence-corrected chi connectivity index (χ3v) is 3.54. The maximum Gasteiger partial charge on any atom is 0.248 e. The molecule has 106 valence electrons. The van der Waals surface area contributed by atoms with Crippen LogP contribution < -0.4 is 5.32 Å². The van der Waals surface area contributed by atoms with Gasteiger partial charge in [0.15, 0.2) is 0 Å². The Hall–Kier alpha value is -0.320. The monoisotopic (exact) mass is 276 g/mol. The molecule has 1 heterocycles. The number of hydrogen-bond donors (Lipinski definition) is 1. The van der Waals surface area contributed by atoms with Crippen molar-refractivity contribution in [3.63, 3.8) is 0 Å². The van der Waals surface area contributed by atoms with Crippen molar-refractivity contribution in [1.29, 1.82) is 0 Å². The molecule has 2 fully saturated rings. The molecule has 0 aromatic carbocycles. The van der Waals surface area contributed by atoms with Gasteiger partial charge in [0.1, 0.15) is 6.61 Å². The van der Waals surface area contributed by atoms with Gasteiger partial charge < -0.3 is 15.0 Å². The minimum atomic E-state index is 0. The molecule has 4 nitrogen and oxygen atoms in total. The summed E-state index contributed by atoms with van der Waals surface area (Å²) < 4.78 is 5.49. The second-order valence-corrected chi connectivity index (χ2v) is 5.19. The summed E-state index contributed by atoms with van der Waals surface area (Å²) in [7, 11) is 0. The molecule has 1 unspecified atom stereocenters. The van der Waals surface area contributed by atoms with E-state index < -0.39 is 0 Å². The summed E-state index contributed by atoms with van der Waals surface area (Å²) in [4.78, 5) is 14.1. The van der Waals surface area contributed by atoms with Gasteiger partial charge in [0.2, 0.25) is 5.91 Å². The second-order valence-electron chi connectivity index (χ2n) is 5.19. The number of hydrogen-bond acceptors (Lipinski definition) is 3. The topological polar surface area (TPSA) is 41.6 Å². The zero-order chi connectivity index (χ0) is 12.1. The molecular weight excluding hydrogens is 252 g/mol. The van der Waals surface area contributed by atoms with E-state index >= 15 is 0 Å². The molecular formula is C13H25ClN2O2. The normalized spacial score (nSPS) is 22.6. The highest BCUT2D eigenvalue weighted by atomic mass is 35.5. The molecule has 1 aliphatic carbocycles. The van der Waals surface area contributed by atoms with Gasteiger partial charge in [0, 0.05) is 19.1 Å². The van der Waals surface area contributed by atoms with Crippen LogP contribution in [-0.4, -0.2) is 49.7 Å². The van der Waals surface area contributed by atoms with Crippen LogP contribution in [-0.2, 0) is 9.53 Å². The Balaban J connectivity index is 0.00000162. The Labute approximate surface area is 116 Å². The highest BCUT2D eigenvalue weighted by Crippen LogP contribution is 2.28. The fourth-order valence-electron chi connectivity index (χ4n) is 2.34. The van der Waals surface area contributed by atoms with E-state index in [0.717, 1.165) is 45.0 Å². The second kappa shape index (κ2) is 7.97. The lowest BCUT2D eigenvalue weighted by Gasteiger charge is -2.28. The van der Waals surface area contributed by atoms with Gasteiger partial charge in [-0.1, -0.05) is 6.92 Å². The van der Waals surface area contributed by atoms with E-state index in [4.69, 9.17) is 4.74 Å². The summed E-state index contributed by atoms with van der Waals surface area (Å²) in [5.41, 5.74) is 0. The zero-order valence-electron chi connectivity index (χ0n) is 11.2. The molecule has 2 rings (SSSR count). The van der Waals surface area contributed by atoms with E-state index in [1.54, 1.807) is 0 Å². The first-order chi connectivity index (χ1) is 8.31. The number of halogens is 1. The Morgan fingerprint density at radius 1 is 1.39 bits per heavy atom. The fraction of sp³-hybridized carbons (Fsp3) is 0.923. The molecule has 0 radical (unpaired) electrons. The fourth-order valence-corrected chi connectivity index (χ4v) is 2.34. The molecule has 1 N–H and O–H groups in total. The van der Waals surface area contributed by atoms with E-state index in [0.29, 0.717) is 6.04 Å². The van der Waals surface area contributed by atoms with Crippen LogP contribution in [0.25, 0.3) is 0 Å². The first-order valence-corrected chi connectivity index (χ1v) is 6.89. The lowest BCUT2D eigenvalue weighted by Crippen LogP contribution is -2.43. The molecule has 1 saturated heterocycles. The third kappa shape index (κ3) is 4.75. The van der Waals surface area contributed by atoms with Crippen molar-refractivity contribution in [2.45, 2.75) is 38.6 Å². The van der Waals surface area contributed by atoms with Gasteiger partial charge in [-0.25, -0.2) is 0 Å². The van der Waals surface area contributed by atoms with Gasteiger partial charge in [-0.15, -0.1) is 12.4 Å². The molecule has 1 atom stereocenters. The van der Waals surface area contributed by atoms with Crippen molar-refractivity contribution in [2.24, 2.45) is 5.92 Å². The number of carbonyl (C=O) groups excluding carboxylic acids is 1. The molecule has 0 aromatic rings. The van der Waals surface area contributed by atoms with Crippen molar-refractivity contribution >= 4 is 18.3 Å². The third-order valence-electron chi connectivity index (χ3n) is 3.54. The van der Waals surface area contributed by atoms with E-state index in [-0.39, 0.29) is 24.9 Å². The molecule has 5 heteroatoms. The highest BCUT2D eigenvalue weighted by Gasteiger charge is 2.26.